The van der Waals surface area contributed by atoms with E-state index in [1.165, 1.54) is 6.20 Å². The van der Waals surface area contributed by atoms with Crippen LogP contribution in [0.4, 0.5) is 0 Å². The zero-order chi connectivity index (χ0) is 13.8. The molecule has 0 spiro atoms. The van der Waals surface area contributed by atoms with Crippen molar-refractivity contribution in [1.82, 2.24) is 4.98 Å². The van der Waals surface area contributed by atoms with Gasteiger partial charge in [0.15, 0.2) is 0 Å². The zero-order valence-corrected chi connectivity index (χ0v) is 11.0. The third kappa shape index (κ3) is 3.23. The van der Waals surface area contributed by atoms with Gasteiger partial charge in [0, 0.05) is 12.3 Å². The van der Waals surface area contributed by atoms with Crippen molar-refractivity contribution >= 4 is 17.6 Å². The summed E-state index contributed by atoms with van der Waals surface area (Å²) in [5.41, 5.74) is 0.629. The van der Waals surface area contributed by atoms with E-state index in [1.807, 2.05) is 0 Å². The Balaban J connectivity index is 2.25. The maximum atomic E-state index is 10.9. The average molecular weight is 278 g/mol. The Hall–Kier alpha value is -2.07. The second kappa shape index (κ2) is 5.71. The summed E-state index contributed by atoms with van der Waals surface area (Å²) in [7, 11) is 0. The summed E-state index contributed by atoms with van der Waals surface area (Å²) in [5.74, 6) is -0.706. The number of rotatable bonds is 4. The third-order valence-corrected chi connectivity index (χ3v) is 2.99. The fraction of sp³-hybridized carbons (Fsp3) is 0.143. The highest BCUT2D eigenvalue weighted by Crippen LogP contribution is 2.29. The van der Waals surface area contributed by atoms with Gasteiger partial charge in [-0.1, -0.05) is 23.7 Å². The maximum Gasteiger partial charge on any atom is 0.310 e. The minimum Gasteiger partial charge on any atom is -0.481 e. The van der Waals surface area contributed by atoms with E-state index in [2.05, 4.69) is 4.98 Å². The van der Waals surface area contributed by atoms with E-state index >= 15 is 0 Å². The highest BCUT2D eigenvalue weighted by Gasteiger charge is 2.14. The van der Waals surface area contributed by atoms with Crippen LogP contribution >= 0.6 is 11.6 Å². The van der Waals surface area contributed by atoms with Crippen LogP contribution in [-0.2, 0) is 4.79 Å². The first-order chi connectivity index (χ1) is 9.08. The zero-order valence-electron chi connectivity index (χ0n) is 10.2. The van der Waals surface area contributed by atoms with Crippen molar-refractivity contribution in [3.05, 3.63) is 53.2 Å². The number of hydrogen-bond donors (Lipinski definition) is 1. The number of ether oxygens (including phenoxy) is 1. The molecule has 1 aromatic carbocycles. The molecule has 0 aliphatic rings. The van der Waals surface area contributed by atoms with E-state index in [-0.39, 0.29) is 0 Å². The van der Waals surface area contributed by atoms with E-state index in [0.29, 0.717) is 22.2 Å². The SMILES string of the molecule is CC(C(=O)O)c1ccnc(Oc2ccccc2Cl)c1. The summed E-state index contributed by atoms with van der Waals surface area (Å²) < 4.78 is 5.54. The molecule has 0 aliphatic carbocycles. The molecule has 2 aromatic rings. The summed E-state index contributed by atoms with van der Waals surface area (Å²) in [5, 5.41) is 9.45. The lowest BCUT2D eigenvalue weighted by molar-refractivity contribution is -0.138. The van der Waals surface area contributed by atoms with Gasteiger partial charge in [0.2, 0.25) is 5.88 Å². The summed E-state index contributed by atoms with van der Waals surface area (Å²) in [4.78, 5) is 15.0. The lowest BCUT2D eigenvalue weighted by atomic mass is 10.0. The summed E-state index contributed by atoms with van der Waals surface area (Å²) in [6.45, 7) is 1.61. The van der Waals surface area contributed by atoms with E-state index in [1.54, 1.807) is 43.3 Å². The Morgan fingerprint density at radius 1 is 1.37 bits per heavy atom. The van der Waals surface area contributed by atoms with E-state index in [9.17, 15) is 4.79 Å². The van der Waals surface area contributed by atoms with Crippen LogP contribution in [-0.4, -0.2) is 16.1 Å². The number of carboxylic acids is 1. The molecule has 1 heterocycles. The third-order valence-electron chi connectivity index (χ3n) is 2.68. The largest absolute Gasteiger partial charge is 0.481 e. The van der Waals surface area contributed by atoms with E-state index < -0.39 is 11.9 Å². The number of aliphatic carboxylic acids is 1. The van der Waals surface area contributed by atoms with E-state index in [0.717, 1.165) is 0 Å². The molecule has 98 valence electrons. The van der Waals surface area contributed by atoms with Gasteiger partial charge in [0.1, 0.15) is 5.75 Å². The fourth-order valence-corrected chi connectivity index (χ4v) is 1.71. The minimum atomic E-state index is -0.894. The Kier molecular flexibility index (Phi) is 4.02. The molecule has 0 radical (unpaired) electrons. The molecule has 19 heavy (non-hydrogen) atoms. The van der Waals surface area contributed by atoms with Crippen molar-refractivity contribution in [2.45, 2.75) is 12.8 Å². The van der Waals surface area contributed by atoms with Crippen molar-refractivity contribution in [2.24, 2.45) is 0 Å². The van der Waals surface area contributed by atoms with Crippen LogP contribution in [0.1, 0.15) is 18.4 Å². The number of benzene rings is 1. The Bertz CT molecular complexity index is 601. The predicted octanol–water partition coefficient (Wildman–Crippen LogP) is 3.72. The standard InChI is InChI=1S/C14H12ClNO3/c1-9(14(17)18)10-6-7-16-13(8-10)19-12-5-3-2-4-11(12)15/h2-9H,1H3,(H,17,18). The Morgan fingerprint density at radius 3 is 2.79 bits per heavy atom. The van der Waals surface area contributed by atoms with Gasteiger partial charge < -0.3 is 9.84 Å². The van der Waals surface area contributed by atoms with Gasteiger partial charge in [0.05, 0.1) is 10.9 Å². The number of para-hydroxylation sites is 1. The number of carbonyl (C=O) groups is 1. The van der Waals surface area contributed by atoms with Gasteiger partial charge in [0.25, 0.3) is 0 Å². The number of carboxylic acid groups (broad SMARTS) is 1. The van der Waals surface area contributed by atoms with Crippen LogP contribution in [0.2, 0.25) is 5.02 Å². The van der Waals surface area contributed by atoms with Gasteiger partial charge in [-0.3, -0.25) is 4.79 Å². The molecule has 1 N–H and O–H groups in total. The lowest BCUT2D eigenvalue weighted by Gasteiger charge is -2.09. The maximum absolute atomic E-state index is 10.9. The molecule has 0 fully saturated rings. The summed E-state index contributed by atoms with van der Waals surface area (Å²) in [6, 6.07) is 10.3. The number of pyridine rings is 1. The predicted molar refractivity (Wildman–Crippen MR) is 71.8 cm³/mol. The normalized spacial score (nSPS) is 11.9. The number of halogens is 1. The molecule has 1 unspecified atom stereocenters. The number of nitrogens with zero attached hydrogens (tertiary/aromatic N) is 1. The quantitative estimate of drug-likeness (QED) is 0.925. The van der Waals surface area contributed by atoms with Crippen molar-refractivity contribution in [1.29, 1.82) is 0 Å². The van der Waals surface area contributed by atoms with Crippen LogP contribution in [0.15, 0.2) is 42.6 Å². The Morgan fingerprint density at radius 2 is 2.11 bits per heavy atom. The molecule has 0 saturated carbocycles. The lowest BCUT2D eigenvalue weighted by Crippen LogP contribution is -2.07. The van der Waals surface area contributed by atoms with Gasteiger partial charge in [-0.25, -0.2) is 4.98 Å². The molecule has 5 heteroatoms. The van der Waals surface area contributed by atoms with Gasteiger partial charge in [-0.05, 0) is 30.7 Å². The first-order valence-electron chi connectivity index (χ1n) is 5.69. The highest BCUT2D eigenvalue weighted by atomic mass is 35.5. The van der Waals surface area contributed by atoms with Crippen LogP contribution in [0, 0.1) is 0 Å². The molecule has 0 saturated heterocycles. The first-order valence-corrected chi connectivity index (χ1v) is 6.07. The molecule has 0 aliphatic heterocycles. The number of hydrogen-bond acceptors (Lipinski definition) is 3. The average Bonchev–Trinajstić information content (AvgIpc) is 2.41. The first kappa shape index (κ1) is 13.4. The molecule has 2 rings (SSSR count). The molecular formula is C14H12ClNO3. The second-order valence-corrected chi connectivity index (χ2v) is 4.43. The number of aromatic nitrogens is 1. The summed E-state index contributed by atoms with van der Waals surface area (Å²) in [6.07, 6.45) is 1.51. The van der Waals surface area contributed by atoms with E-state index in [4.69, 9.17) is 21.4 Å². The molecular weight excluding hydrogens is 266 g/mol. The molecule has 1 aromatic heterocycles. The van der Waals surface area contributed by atoms with Crippen molar-refractivity contribution < 1.29 is 14.6 Å². The van der Waals surface area contributed by atoms with Crippen molar-refractivity contribution in [3.63, 3.8) is 0 Å². The Labute approximate surface area is 115 Å². The van der Waals surface area contributed by atoms with Crippen LogP contribution in [0.5, 0.6) is 11.6 Å². The smallest absolute Gasteiger partial charge is 0.310 e. The topological polar surface area (TPSA) is 59.4 Å². The molecule has 0 amide bonds. The highest BCUT2D eigenvalue weighted by molar-refractivity contribution is 6.32. The van der Waals surface area contributed by atoms with Gasteiger partial charge in [-0.2, -0.15) is 0 Å². The molecule has 4 nitrogen and oxygen atoms in total. The van der Waals surface area contributed by atoms with Gasteiger partial charge in [-0.15, -0.1) is 0 Å². The molecule has 1 atom stereocenters. The molecule has 0 bridgehead atoms. The second-order valence-electron chi connectivity index (χ2n) is 4.02. The van der Waals surface area contributed by atoms with Crippen molar-refractivity contribution in [3.8, 4) is 11.6 Å². The summed E-state index contributed by atoms with van der Waals surface area (Å²) >= 11 is 5.98. The van der Waals surface area contributed by atoms with Crippen LogP contribution < -0.4 is 4.74 Å². The minimum absolute atomic E-state index is 0.318. The van der Waals surface area contributed by atoms with Crippen molar-refractivity contribution in [2.75, 3.05) is 0 Å². The monoisotopic (exact) mass is 277 g/mol. The van der Waals surface area contributed by atoms with Gasteiger partial charge >= 0.3 is 5.97 Å². The van der Waals surface area contributed by atoms with Crippen LogP contribution in [0.3, 0.4) is 0 Å². The fourth-order valence-electron chi connectivity index (χ4n) is 1.53. The van der Waals surface area contributed by atoms with Crippen LogP contribution in [0.25, 0.3) is 0 Å².